The molecular weight excluding hydrogens is 437 g/mol. The van der Waals surface area contributed by atoms with Crippen LogP contribution >= 0.6 is 45.9 Å². The van der Waals surface area contributed by atoms with Crippen molar-refractivity contribution in [3.05, 3.63) is 56.7 Å². The third-order valence-corrected chi connectivity index (χ3v) is 6.26. The third kappa shape index (κ3) is 4.91. The minimum Gasteiger partial charge on any atom is -0.340 e. The molecule has 2 N–H and O–H groups in total. The van der Waals surface area contributed by atoms with Crippen molar-refractivity contribution in [3.8, 4) is 10.6 Å². The molecule has 9 heteroatoms. The Morgan fingerprint density at radius 3 is 2.50 bits per heavy atom. The Kier molecular flexibility index (Phi) is 6.72. The summed E-state index contributed by atoms with van der Waals surface area (Å²) in [6, 6.07) is 9.67. The topological polar surface area (TPSA) is 71.1 Å². The number of thiazole rings is 1. The molecule has 0 unspecified atom stereocenters. The average Bonchev–Trinajstić information content (AvgIpc) is 3.28. The molecule has 146 valence electrons. The molecule has 0 aliphatic carbocycles. The van der Waals surface area contributed by atoms with Crippen LogP contribution in [-0.4, -0.2) is 22.8 Å². The Hall–Kier alpha value is -1.93. The number of thiophene rings is 1. The highest BCUT2D eigenvalue weighted by Crippen LogP contribution is 2.32. The van der Waals surface area contributed by atoms with Crippen LogP contribution in [0, 0.1) is 5.92 Å². The Morgan fingerprint density at radius 1 is 1.11 bits per heavy atom. The van der Waals surface area contributed by atoms with E-state index in [1.807, 2.05) is 25.3 Å². The maximum absolute atomic E-state index is 12.7. The summed E-state index contributed by atoms with van der Waals surface area (Å²) in [5, 5.41) is 8.19. The fraction of sp³-hybridized carbons (Fsp3) is 0.211. The van der Waals surface area contributed by atoms with Crippen molar-refractivity contribution in [1.29, 1.82) is 0 Å². The largest absolute Gasteiger partial charge is 0.340 e. The van der Waals surface area contributed by atoms with Gasteiger partial charge in [0.05, 0.1) is 25.5 Å². The SMILES string of the molecule is CC(C)[C@H](NC(=O)c1ccccc1Cl)C(=O)Nc1nc(-c2ccc(Cl)s2)cs1. The first-order valence-corrected chi connectivity index (χ1v) is 10.9. The molecule has 2 aromatic heterocycles. The Balaban J connectivity index is 1.71. The van der Waals surface area contributed by atoms with Crippen molar-refractivity contribution >= 4 is 62.8 Å². The molecule has 0 bridgehead atoms. The van der Waals surface area contributed by atoms with E-state index in [0.717, 1.165) is 10.6 Å². The van der Waals surface area contributed by atoms with Crippen LogP contribution in [-0.2, 0) is 4.79 Å². The molecule has 3 rings (SSSR count). The first-order valence-electron chi connectivity index (χ1n) is 8.42. The van der Waals surface area contributed by atoms with E-state index >= 15 is 0 Å². The standard InChI is InChI=1S/C19H17Cl2N3O2S2/c1-10(2)16(23-17(25)11-5-3-4-6-12(11)20)18(26)24-19-22-13(9-27-19)14-7-8-15(21)28-14/h3-10,16H,1-2H3,(H,23,25)(H,22,24,26)/t16-/m0/s1. The van der Waals surface area contributed by atoms with E-state index in [1.165, 1.54) is 22.7 Å². The van der Waals surface area contributed by atoms with Crippen molar-refractivity contribution in [2.24, 2.45) is 5.92 Å². The van der Waals surface area contributed by atoms with Crippen LogP contribution in [0.5, 0.6) is 0 Å². The van der Waals surface area contributed by atoms with Crippen molar-refractivity contribution in [2.45, 2.75) is 19.9 Å². The van der Waals surface area contributed by atoms with Crippen LogP contribution in [0.25, 0.3) is 10.6 Å². The lowest BCUT2D eigenvalue weighted by atomic mass is 10.0. The summed E-state index contributed by atoms with van der Waals surface area (Å²) < 4.78 is 0.677. The van der Waals surface area contributed by atoms with Gasteiger partial charge in [-0.3, -0.25) is 9.59 Å². The monoisotopic (exact) mass is 453 g/mol. The van der Waals surface area contributed by atoms with Crippen molar-refractivity contribution < 1.29 is 9.59 Å². The molecule has 0 saturated carbocycles. The maximum atomic E-state index is 12.7. The highest BCUT2D eigenvalue weighted by molar-refractivity contribution is 7.20. The van der Waals surface area contributed by atoms with Gasteiger partial charge in [-0.2, -0.15) is 0 Å². The van der Waals surface area contributed by atoms with Crippen LogP contribution in [0.15, 0.2) is 41.8 Å². The Labute approximate surface area is 180 Å². The maximum Gasteiger partial charge on any atom is 0.253 e. The zero-order valence-electron chi connectivity index (χ0n) is 15.0. The van der Waals surface area contributed by atoms with Gasteiger partial charge in [-0.25, -0.2) is 4.98 Å². The van der Waals surface area contributed by atoms with Crippen LogP contribution in [0.3, 0.4) is 0 Å². The molecule has 1 aromatic carbocycles. The van der Waals surface area contributed by atoms with Gasteiger partial charge in [-0.1, -0.05) is 49.2 Å². The zero-order valence-corrected chi connectivity index (χ0v) is 18.2. The van der Waals surface area contributed by atoms with Gasteiger partial charge >= 0.3 is 0 Å². The van der Waals surface area contributed by atoms with Crippen molar-refractivity contribution in [2.75, 3.05) is 5.32 Å². The number of carbonyl (C=O) groups excluding carboxylic acids is 2. The molecule has 2 amide bonds. The van der Waals surface area contributed by atoms with Gasteiger partial charge in [0.25, 0.3) is 5.91 Å². The van der Waals surface area contributed by atoms with Crippen LogP contribution in [0.4, 0.5) is 5.13 Å². The molecule has 0 aliphatic rings. The normalized spacial score (nSPS) is 12.0. The number of halogens is 2. The minimum absolute atomic E-state index is 0.123. The highest BCUT2D eigenvalue weighted by atomic mass is 35.5. The number of carbonyl (C=O) groups is 2. The van der Waals surface area contributed by atoms with Gasteiger partial charge in [-0.05, 0) is 30.2 Å². The molecular formula is C19H17Cl2N3O2S2. The van der Waals surface area contributed by atoms with E-state index in [1.54, 1.807) is 30.3 Å². The average molecular weight is 454 g/mol. The van der Waals surface area contributed by atoms with Gasteiger partial charge < -0.3 is 10.6 Å². The minimum atomic E-state index is -0.729. The number of aromatic nitrogens is 1. The van der Waals surface area contributed by atoms with Crippen LogP contribution < -0.4 is 10.6 Å². The predicted octanol–water partition coefficient (Wildman–Crippen LogP) is 5.57. The van der Waals surface area contributed by atoms with E-state index < -0.39 is 11.9 Å². The Morgan fingerprint density at radius 2 is 1.86 bits per heavy atom. The fourth-order valence-electron chi connectivity index (χ4n) is 2.48. The fourth-order valence-corrected chi connectivity index (χ4v) is 4.49. The number of hydrogen-bond acceptors (Lipinski definition) is 5. The van der Waals surface area contributed by atoms with E-state index in [0.29, 0.717) is 20.1 Å². The molecule has 2 heterocycles. The first kappa shape index (κ1) is 20.8. The van der Waals surface area contributed by atoms with Crippen molar-refractivity contribution in [3.63, 3.8) is 0 Å². The lowest BCUT2D eigenvalue weighted by Crippen LogP contribution is -2.47. The summed E-state index contributed by atoms with van der Waals surface area (Å²) in [6.07, 6.45) is 0. The van der Waals surface area contributed by atoms with E-state index in [9.17, 15) is 9.59 Å². The zero-order chi connectivity index (χ0) is 20.3. The second kappa shape index (κ2) is 9.05. The smallest absolute Gasteiger partial charge is 0.253 e. The summed E-state index contributed by atoms with van der Waals surface area (Å²) in [5.41, 5.74) is 1.08. The second-order valence-corrected chi connectivity index (χ2v) is 9.29. The number of benzene rings is 1. The quantitative estimate of drug-likeness (QED) is 0.512. The summed E-state index contributed by atoms with van der Waals surface area (Å²) >= 11 is 14.8. The number of rotatable bonds is 6. The van der Waals surface area contributed by atoms with Gasteiger partial charge in [0.15, 0.2) is 5.13 Å². The molecule has 0 saturated heterocycles. The molecule has 28 heavy (non-hydrogen) atoms. The number of hydrogen-bond donors (Lipinski definition) is 2. The molecule has 0 spiro atoms. The van der Waals surface area contributed by atoms with Gasteiger partial charge in [-0.15, -0.1) is 22.7 Å². The van der Waals surface area contributed by atoms with Gasteiger partial charge in [0.2, 0.25) is 5.91 Å². The van der Waals surface area contributed by atoms with Crippen LogP contribution in [0.1, 0.15) is 24.2 Å². The molecule has 0 fully saturated rings. The second-order valence-electron chi connectivity index (χ2n) is 6.31. The number of amides is 2. The number of anilines is 1. The Bertz CT molecular complexity index is 1000. The van der Waals surface area contributed by atoms with Crippen LogP contribution in [0.2, 0.25) is 9.36 Å². The molecule has 5 nitrogen and oxygen atoms in total. The summed E-state index contributed by atoms with van der Waals surface area (Å²) in [5.74, 6) is -0.852. The molecule has 3 aromatic rings. The molecule has 0 radical (unpaired) electrons. The van der Waals surface area contributed by atoms with E-state index in [4.69, 9.17) is 23.2 Å². The predicted molar refractivity (Wildman–Crippen MR) is 117 cm³/mol. The number of nitrogens with one attached hydrogen (secondary N) is 2. The van der Waals surface area contributed by atoms with E-state index in [2.05, 4.69) is 15.6 Å². The molecule has 0 aliphatic heterocycles. The molecule has 1 atom stereocenters. The van der Waals surface area contributed by atoms with Gasteiger partial charge in [0.1, 0.15) is 6.04 Å². The first-order chi connectivity index (χ1) is 13.3. The van der Waals surface area contributed by atoms with E-state index in [-0.39, 0.29) is 11.8 Å². The van der Waals surface area contributed by atoms with Gasteiger partial charge in [0, 0.05) is 5.38 Å². The summed E-state index contributed by atoms with van der Waals surface area (Å²) in [6.45, 7) is 3.72. The van der Waals surface area contributed by atoms with Crippen molar-refractivity contribution in [1.82, 2.24) is 10.3 Å². The number of nitrogens with zero attached hydrogens (tertiary/aromatic N) is 1. The highest BCUT2D eigenvalue weighted by Gasteiger charge is 2.26. The third-order valence-electron chi connectivity index (χ3n) is 3.91. The lowest BCUT2D eigenvalue weighted by molar-refractivity contribution is -0.118. The summed E-state index contributed by atoms with van der Waals surface area (Å²) in [4.78, 5) is 30.6. The summed E-state index contributed by atoms with van der Waals surface area (Å²) in [7, 11) is 0. The lowest BCUT2D eigenvalue weighted by Gasteiger charge is -2.21.